The number of hydrazine groups is 1. The molecule has 3 aromatic rings. The zero-order chi connectivity index (χ0) is 19.3. The van der Waals surface area contributed by atoms with Gasteiger partial charge in [-0.2, -0.15) is 0 Å². The Morgan fingerprint density at radius 1 is 1.00 bits per heavy atom. The summed E-state index contributed by atoms with van der Waals surface area (Å²) in [7, 11) is 0. The van der Waals surface area contributed by atoms with E-state index in [-0.39, 0.29) is 12.5 Å². The van der Waals surface area contributed by atoms with E-state index in [9.17, 15) is 4.79 Å². The monoisotopic (exact) mass is 412 g/mol. The van der Waals surface area contributed by atoms with Crippen molar-refractivity contribution in [3.8, 4) is 0 Å². The third-order valence-corrected chi connectivity index (χ3v) is 5.36. The van der Waals surface area contributed by atoms with E-state index in [1.165, 1.54) is 0 Å². The summed E-state index contributed by atoms with van der Waals surface area (Å²) in [4.78, 5) is 18.7. The summed E-state index contributed by atoms with van der Waals surface area (Å²) in [6.45, 7) is 0.172. The molecule has 1 atom stereocenters. The number of benzene rings is 2. The van der Waals surface area contributed by atoms with Crippen molar-refractivity contribution in [3.63, 3.8) is 0 Å². The average Bonchev–Trinajstić information content (AvgIpc) is 3.26. The first-order valence-corrected chi connectivity index (χ1v) is 9.37. The number of fused-ring (bicyclic) bond motifs is 3. The van der Waals surface area contributed by atoms with Crippen molar-refractivity contribution in [2.24, 2.45) is 5.16 Å². The van der Waals surface area contributed by atoms with Crippen LogP contribution >= 0.6 is 23.2 Å². The molecule has 2 aliphatic heterocycles. The second kappa shape index (κ2) is 6.29. The maximum Gasteiger partial charge on any atom is 0.295 e. The van der Waals surface area contributed by atoms with Gasteiger partial charge in [0.25, 0.3) is 11.6 Å². The molecule has 1 aromatic heterocycles. The first kappa shape index (κ1) is 17.2. The van der Waals surface area contributed by atoms with Gasteiger partial charge in [0.15, 0.2) is 5.84 Å². The summed E-state index contributed by atoms with van der Waals surface area (Å²) < 4.78 is 1.85. The minimum Gasteiger partial charge on any atom is -0.351 e. The minimum absolute atomic E-state index is 0.172. The van der Waals surface area contributed by atoms with Gasteiger partial charge in [0.05, 0.1) is 5.69 Å². The number of halogens is 2. The van der Waals surface area contributed by atoms with E-state index in [1.54, 1.807) is 29.3 Å². The summed E-state index contributed by atoms with van der Waals surface area (Å²) >= 11 is 12.1. The number of aromatic nitrogens is 1. The summed E-state index contributed by atoms with van der Waals surface area (Å²) in [6, 6.07) is 18.3. The number of amidine groups is 1. The summed E-state index contributed by atoms with van der Waals surface area (Å²) in [6.07, 6.45) is 1.85. The Labute approximate surface area is 170 Å². The lowest BCUT2D eigenvalue weighted by Gasteiger charge is -2.35. The molecule has 0 saturated heterocycles. The smallest absolute Gasteiger partial charge is 0.295 e. The van der Waals surface area contributed by atoms with Crippen molar-refractivity contribution >= 4 is 34.9 Å². The Kier molecular flexibility index (Phi) is 3.86. The molecule has 6 nitrogen and oxygen atoms in total. The van der Waals surface area contributed by atoms with E-state index < -0.39 is 5.72 Å². The Bertz CT molecular complexity index is 1090. The fourth-order valence-corrected chi connectivity index (χ4v) is 3.85. The van der Waals surface area contributed by atoms with Gasteiger partial charge in [-0.25, -0.2) is 5.01 Å². The summed E-state index contributed by atoms with van der Waals surface area (Å²) in [5.41, 5.74) is 4.11. The summed E-state index contributed by atoms with van der Waals surface area (Å²) in [5, 5.41) is 7.23. The second-order valence-corrected chi connectivity index (χ2v) is 7.43. The average molecular weight is 413 g/mol. The maximum atomic E-state index is 12.6. The Morgan fingerprint density at radius 2 is 1.68 bits per heavy atom. The van der Waals surface area contributed by atoms with E-state index in [1.807, 2.05) is 47.2 Å². The van der Waals surface area contributed by atoms with Crippen molar-refractivity contribution in [1.29, 1.82) is 0 Å². The molecule has 2 aliphatic rings. The summed E-state index contributed by atoms with van der Waals surface area (Å²) in [5.74, 6) is 0.301. The first-order chi connectivity index (χ1) is 13.6. The number of carbonyl (C=O) groups is 1. The number of nitrogens with one attached hydrogen (secondary N) is 1. The Balaban J connectivity index is 1.72. The second-order valence-electron chi connectivity index (χ2n) is 6.56. The van der Waals surface area contributed by atoms with Gasteiger partial charge in [-0.3, -0.25) is 10.2 Å². The van der Waals surface area contributed by atoms with Crippen LogP contribution in [0.1, 0.15) is 16.8 Å². The molecule has 28 heavy (non-hydrogen) atoms. The first-order valence-electron chi connectivity index (χ1n) is 8.61. The van der Waals surface area contributed by atoms with Crippen molar-refractivity contribution in [2.75, 3.05) is 0 Å². The number of carbonyl (C=O) groups excluding carboxylic acids is 1. The molecule has 0 spiro atoms. The molecular weight excluding hydrogens is 399 g/mol. The van der Waals surface area contributed by atoms with Crippen LogP contribution in [0.4, 0.5) is 0 Å². The molecule has 1 N–H and O–H groups in total. The van der Waals surface area contributed by atoms with Gasteiger partial charge in [0.1, 0.15) is 6.54 Å². The SMILES string of the molecule is O=C1Cn2cccc2C2(c3ccc(Cl)cc3)ON=C(c3ccc(Cl)cc3)N2N1. The third kappa shape index (κ3) is 2.49. The maximum absolute atomic E-state index is 12.6. The highest BCUT2D eigenvalue weighted by atomic mass is 35.5. The molecule has 3 heterocycles. The van der Waals surface area contributed by atoms with E-state index >= 15 is 0 Å². The molecule has 0 radical (unpaired) electrons. The molecule has 140 valence electrons. The molecule has 5 rings (SSSR count). The van der Waals surface area contributed by atoms with Crippen molar-refractivity contribution in [2.45, 2.75) is 12.3 Å². The molecule has 1 amide bonds. The van der Waals surface area contributed by atoms with Crippen LogP contribution in [0.3, 0.4) is 0 Å². The largest absolute Gasteiger partial charge is 0.351 e. The molecule has 0 bridgehead atoms. The van der Waals surface area contributed by atoms with Crippen LogP contribution in [-0.2, 0) is 21.9 Å². The van der Waals surface area contributed by atoms with E-state index in [0.29, 0.717) is 15.9 Å². The van der Waals surface area contributed by atoms with Gasteiger partial charge >= 0.3 is 0 Å². The molecule has 8 heteroatoms. The highest BCUT2D eigenvalue weighted by Gasteiger charge is 2.54. The van der Waals surface area contributed by atoms with E-state index in [0.717, 1.165) is 16.8 Å². The minimum atomic E-state index is -1.16. The lowest BCUT2D eigenvalue weighted by molar-refractivity contribution is -0.133. The number of hydrogen-bond acceptors (Lipinski definition) is 4. The van der Waals surface area contributed by atoms with Crippen LogP contribution in [0.15, 0.2) is 72.0 Å². The van der Waals surface area contributed by atoms with Crippen LogP contribution in [0, 0.1) is 0 Å². The lowest BCUT2D eigenvalue weighted by atomic mass is 9.97. The predicted octanol–water partition coefficient (Wildman–Crippen LogP) is 3.73. The van der Waals surface area contributed by atoms with Crippen molar-refractivity contribution < 1.29 is 9.63 Å². The molecule has 2 aromatic carbocycles. The zero-order valence-electron chi connectivity index (χ0n) is 14.5. The van der Waals surface area contributed by atoms with Gasteiger partial charge in [0.2, 0.25) is 0 Å². The van der Waals surface area contributed by atoms with Crippen LogP contribution in [0.2, 0.25) is 10.0 Å². The topological polar surface area (TPSA) is 58.9 Å². The fraction of sp³-hybridized carbons (Fsp3) is 0.100. The zero-order valence-corrected chi connectivity index (χ0v) is 16.0. The van der Waals surface area contributed by atoms with Crippen molar-refractivity contribution in [3.05, 3.63) is 93.7 Å². The number of oxime groups is 1. The van der Waals surface area contributed by atoms with Crippen LogP contribution in [-0.4, -0.2) is 21.3 Å². The number of rotatable bonds is 2. The molecular formula is C20H14Cl2N4O2. The Hall–Kier alpha value is -2.96. The predicted molar refractivity (Wildman–Crippen MR) is 106 cm³/mol. The van der Waals surface area contributed by atoms with Crippen LogP contribution in [0.25, 0.3) is 0 Å². The number of amides is 1. The Morgan fingerprint density at radius 3 is 2.39 bits per heavy atom. The van der Waals surface area contributed by atoms with Crippen LogP contribution < -0.4 is 5.43 Å². The van der Waals surface area contributed by atoms with Gasteiger partial charge in [-0.05, 0) is 48.5 Å². The van der Waals surface area contributed by atoms with Crippen molar-refractivity contribution in [1.82, 2.24) is 15.0 Å². The molecule has 1 unspecified atom stereocenters. The standard InChI is InChI=1S/C20H14Cl2N4O2/c21-15-7-3-13(4-8-15)19-24-28-20(14-5-9-16(22)10-6-14)17-2-1-11-25(17)12-18(27)23-26(19)20/h1-11H,12H2,(H,23,27). The molecule has 0 fully saturated rings. The highest BCUT2D eigenvalue weighted by Crippen LogP contribution is 2.43. The highest BCUT2D eigenvalue weighted by molar-refractivity contribution is 6.31. The van der Waals surface area contributed by atoms with Gasteiger partial charge in [-0.1, -0.05) is 40.5 Å². The van der Waals surface area contributed by atoms with Crippen LogP contribution in [0.5, 0.6) is 0 Å². The molecule has 0 saturated carbocycles. The van der Waals surface area contributed by atoms with Gasteiger partial charge in [0, 0.05) is 27.4 Å². The fourth-order valence-electron chi connectivity index (χ4n) is 3.59. The van der Waals surface area contributed by atoms with Gasteiger partial charge in [-0.15, -0.1) is 0 Å². The number of hydrogen-bond donors (Lipinski definition) is 1. The normalized spacial score (nSPS) is 20.6. The van der Waals surface area contributed by atoms with Gasteiger partial charge < -0.3 is 9.40 Å². The van der Waals surface area contributed by atoms with E-state index in [4.69, 9.17) is 28.0 Å². The molecule has 0 aliphatic carbocycles. The lowest BCUT2D eigenvalue weighted by Crippen LogP contribution is -2.55. The quantitative estimate of drug-likeness (QED) is 0.697. The number of nitrogens with zero attached hydrogens (tertiary/aromatic N) is 3. The van der Waals surface area contributed by atoms with E-state index in [2.05, 4.69) is 10.6 Å². The third-order valence-electron chi connectivity index (χ3n) is 4.86.